The summed E-state index contributed by atoms with van der Waals surface area (Å²) in [5.74, 6) is 0.897. The summed E-state index contributed by atoms with van der Waals surface area (Å²) in [5.41, 5.74) is 1.10. The van der Waals surface area contributed by atoms with E-state index < -0.39 is 0 Å². The van der Waals surface area contributed by atoms with Crippen molar-refractivity contribution in [3.05, 3.63) is 23.2 Å². The van der Waals surface area contributed by atoms with E-state index in [1.54, 1.807) is 7.11 Å². The highest BCUT2D eigenvalue weighted by atomic mass is 35.5. The molecule has 1 aromatic rings. The number of ether oxygens (including phenoxy) is 1. The molecule has 0 amide bonds. The third kappa shape index (κ3) is 2.42. The Labute approximate surface area is 102 Å². The van der Waals surface area contributed by atoms with Crippen LogP contribution in [0.2, 0.25) is 5.02 Å². The van der Waals surface area contributed by atoms with Crippen molar-refractivity contribution in [3.63, 3.8) is 0 Å². The van der Waals surface area contributed by atoms with Crippen LogP contribution in [0.3, 0.4) is 0 Å². The molecule has 1 saturated heterocycles. The molecule has 1 aliphatic rings. The highest BCUT2D eigenvalue weighted by Gasteiger charge is 2.17. The van der Waals surface area contributed by atoms with Gasteiger partial charge in [0.2, 0.25) is 0 Å². The molecule has 0 N–H and O–H groups in total. The largest absolute Gasteiger partial charge is 0.495 e. The second kappa shape index (κ2) is 4.93. The number of hydrogen-bond acceptors (Lipinski definition) is 3. The van der Waals surface area contributed by atoms with E-state index in [1.807, 2.05) is 18.2 Å². The molecule has 0 radical (unpaired) electrons. The number of likely N-dealkylation sites (N-methyl/N-ethyl adjacent to an activating group) is 1. The van der Waals surface area contributed by atoms with Gasteiger partial charge >= 0.3 is 0 Å². The van der Waals surface area contributed by atoms with Gasteiger partial charge in [-0.05, 0) is 25.2 Å². The second-order valence-electron chi connectivity index (χ2n) is 4.11. The van der Waals surface area contributed by atoms with E-state index in [0.29, 0.717) is 0 Å². The van der Waals surface area contributed by atoms with Gasteiger partial charge < -0.3 is 14.5 Å². The fourth-order valence-electron chi connectivity index (χ4n) is 1.96. The summed E-state index contributed by atoms with van der Waals surface area (Å²) in [6, 6.07) is 5.77. The molecule has 0 atom stereocenters. The SMILES string of the molecule is COc1ccc(Cl)cc1N1CCN(C)CC1. The molecule has 1 aliphatic heterocycles. The van der Waals surface area contributed by atoms with Gasteiger partial charge in [0.05, 0.1) is 12.8 Å². The van der Waals surface area contributed by atoms with Crippen LogP contribution in [0.4, 0.5) is 5.69 Å². The quantitative estimate of drug-likeness (QED) is 0.788. The van der Waals surface area contributed by atoms with Crippen LogP contribution in [-0.2, 0) is 0 Å². The number of piperazine rings is 1. The molecular weight excluding hydrogens is 224 g/mol. The van der Waals surface area contributed by atoms with Crippen LogP contribution in [0.1, 0.15) is 0 Å². The lowest BCUT2D eigenvalue weighted by Gasteiger charge is -2.34. The summed E-state index contributed by atoms with van der Waals surface area (Å²) in [6.07, 6.45) is 0. The molecule has 0 aromatic heterocycles. The monoisotopic (exact) mass is 240 g/mol. The van der Waals surface area contributed by atoms with Crippen molar-refractivity contribution in [2.45, 2.75) is 0 Å². The van der Waals surface area contributed by atoms with Crippen LogP contribution >= 0.6 is 11.6 Å². The Kier molecular flexibility index (Phi) is 3.56. The van der Waals surface area contributed by atoms with Crippen LogP contribution in [0.25, 0.3) is 0 Å². The Morgan fingerprint density at radius 1 is 1.19 bits per heavy atom. The van der Waals surface area contributed by atoms with Gasteiger partial charge in [-0.1, -0.05) is 11.6 Å². The molecule has 4 heteroatoms. The topological polar surface area (TPSA) is 15.7 Å². The van der Waals surface area contributed by atoms with E-state index in [0.717, 1.165) is 42.6 Å². The minimum Gasteiger partial charge on any atom is -0.495 e. The first-order valence-electron chi connectivity index (χ1n) is 5.48. The maximum atomic E-state index is 6.03. The first-order chi connectivity index (χ1) is 7.70. The molecule has 3 nitrogen and oxygen atoms in total. The average molecular weight is 241 g/mol. The number of rotatable bonds is 2. The lowest BCUT2D eigenvalue weighted by atomic mass is 10.2. The first-order valence-corrected chi connectivity index (χ1v) is 5.85. The van der Waals surface area contributed by atoms with Crippen molar-refractivity contribution in [2.24, 2.45) is 0 Å². The third-order valence-corrected chi connectivity index (χ3v) is 3.22. The Bertz CT molecular complexity index is 362. The molecule has 1 heterocycles. The summed E-state index contributed by atoms with van der Waals surface area (Å²) in [4.78, 5) is 4.65. The number of halogens is 1. The Hall–Kier alpha value is -0.930. The number of methoxy groups -OCH3 is 1. The Balaban J connectivity index is 2.21. The van der Waals surface area contributed by atoms with Crippen LogP contribution in [0.5, 0.6) is 5.75 Å². The summed E-state index contributed by atoms with van der Waals surface area (Å²) >= 11 is 6.03. The fourth-order valence-corrected chi connectivity index (χ4v) is 2.12. The van der Waals surface area contributed by atoms with Crippen molar-refractivity contribution in [1.29, 1.82) is 0 Å². The van der Waals surface area contributed by atoms with Gasteiger partial charge in [0.1, 0.15) is 5.75 Å². The molecule has 0 spiro atoms. The smallest absolute Gasteiger partial charge is 0.142 e. The summed E-state index contributed by atoms with van der Waals surface area (Å²) in [6.45, 7) is 4.20. The van der Waals surface area contributed by atoms with Gasteiger partial charge in [0.15, 0.2) is 0 Å². The molecular formula is C12H17ClN2O. The van der Waals surface area contributed by atoms with Gasteiger partial charge in [0.25, 0.3) is 0 Å². The zero-order valence-electron chi connectivity index (χ0n) is 9.74. The lowest BCUT2D eigenvalue weighted by molar-refractivity contribution is 0.311. The number of benzene rings is 1. The summed E-state index contributed by atoms with van der Waals surface area (Å²) in [7, 11) is 3.84. The molecule has 0 bridgehead atoms. The Morgan fingerprint density at radius 2 is 1.88 bits per heavy atom. The molecule has 1 aromatic carbocycles. The van der Waals surface area contributed by atoms with Gasteiger partial charge in [-0.2, -0.15) is 0 Å². The summed E-state index contributed by atoms with van der Waals surface area (Å²) in [5, 5.41) is 0.759. The maximum absolute atomic E-state index is 6.03. The highest BCUT2D eigenvalue weighted by Crippen LogP contribution is 2.31. The normalized spacial score (nSPS) is 17.6. The zero-order valence-corrected chi connectivity index (χ0v) is 10.5. The zero-order chi connectivity index (χ0) is 11.5. The molecule has 0 saturated carbocycles. The first kappa shape index (κ1) is 11.6. The van der Waals surface area contributed by atoms with Crippen LogP contribution in [0, 0.1) is 0 Å². The number of hydrogen-bond donors (Lipinski definition) is 0. The predicted molar refractivity (Wildman–Crippen MR) is 67.7 cm³/mol. The van der Waals surface area contributed by atoms with Crippen molar-refractivity contribution < 1.29 is 4.74 Å². The second-order valence-corrected chi connectivity index (χ2v) is 4.54. The van der Waals surface area contributed by atoms with Gasteiger partial charge in [-0.3, -0.25) is 0 Å². The molecule has 1 fully saturated rings. The van der Waals surface area contributed by atoms with Crippen molar-refractivity contribution in [2.75, 3.05) is 45.2 Å². The minimum atomic E-state index is 0.759. The van der Waals surface area contributed by atoms with Crippen LogP contribution < -0.4 is 9.64 Å². The summed E-state index contributed by atoms with van der Waals surface area (Å²) < 4.78 is 5.37. The van der Waals surface area contributed by atoms with E-state index in [9.17, 15) is 0 Å². The van der Waals surface area contributed by atoms with Gasteiger partial charge in [0, 0.05) is 31.2 Å². The average Bonchev–Trinajstić information content (AvgIpc) is 2.30. The van der Waals surface area contributed by atoms with E-state index >= 15 is 0 Å². The fraction of sp³-hybridized carbons (Fsp3) is 0.500. The van der Waals surface area contributed by atoms with E-state index in [-0.39, 0.29) is 0 Å². The predicted octanol–water partition coefficient (Wildman–Crippen LogP) is 2.10. The standard InChI is InChI=1S/C12H17ClN2O/c1-14-5-7-15(8-6-14)11-9-10(13)3-4-12(11)16-2/h3-4,9H,5-8H2,1-2H3. The van der Waals surface area contributed by atoms with E-state index in [2.05, 4.69) is 16.8 Å². The van der Waals surface area contributed by atoms with Crippen LogP contribution in [-0.4, -0.2) is 45.2 Å². The van der Waals surface area contributed by atoms with Gasteiger partial charge in [-0.15, -0.1) is 0 Å². The van der Waals surface area contributed by atoms with E-state index in [1.165, 1.54) is 0 Å². The molecule has 2 rings (SSSR count). The highest BCUT2D eigenvalue weighted by molar-refractivity contribution is 6.30. The molecule has 16 heavy (non-hydrogen) atoms. The third-order valence-electron chi connectivity index (χ3n) is 2.98. The number of anilines is 1. The molecule has 0 aliphatic carbocycles. The minimum absolute atomic E-state index is 0.759. The van der Waals surface area contributed by atoms with Crippen LogP contribution in [0.15, 0.2) is 18.2 Å². The lowest BCUT2D eigenvalue weighted by Crippen LogP contribution is -2.44. The maximum Gasteiger partial charge on any atom is 0.142 e. The Morgan fingerprint density at radius 3 is 2.50 bits per heavy atom. The molecule has 0 unspecified atom stereocenters. The van der Waals surface area contributed by atoms with Crippen molar-refractivity contribution >= 4 is 17.3 Å². The van der Waals surface area contributed by atoms with Crippen molar-refractivity contribution in [1.82, 2.24) is 4.90 Å². The van der Waals surface area contributed by atoms with E-state index in [4.69, 9.17) is 16.3 Å². The molecule has 88 valence electrons. The van der Waals surface area contributed by atoms with Gasteiger partial charge in [-0.25, -0.2) is 0 Å². The number of nitrogens with zero attached hydrogens (tertiary/aromatic N) is 2. The van der Waals surface area contributed by atoms with Crippen molar-refractivity contribution in [3.8, 4) is 5.75 Å².